The van der Waals surface area contributed by atoms with Crippen molar-refractivity contribution in [1.29, 1.82) is 0 Å². The van der Waals surface area contributed by atoms with Crippen molar-refractivity contribution in [2.45, 2.75) is 6.61 Å². The molecule has 0 aliphatic carbocycles. The topological polar surface area (TPSA) is 63.6 Å². The summed E-state index contributed by atoms with van der Waals surface area (Å²) in [7, 11) is 0. The van der Waals surface area contributed by atoms with E-state index in [1.807, 2.05) is 54.6 Å². The molecule has 0 saturated carbocycles. The lowest BCUT2D eigenvalue weighted by molar-refractivity contribution is 0.0955. The van der Waals surface area contributed by atoms with Crippen molar-refractivity contribution in [3.63, 3.8) is 0 Å². The van der Waals surface area contributed by atoms with Crippen LogP contribution in [0.5, 0.6) is 5.75 Å². The van der Waals surface area contributed by atoms with E-state index in [9.17, 15) is 4.79 Å². The van der Waals surface area contributed by atoms with E-state index in [1.54, 1.807) is 30.7 Å². The summed E-state index contributed by atoms with van der Waals surface area (Å²) in [5.41, 5.74) is 4.93. The van der Waals surface area contributed by atoms with Gasteiger partial charge in [-0.1, -0.05) is 42.5 Å². The number of hydrogen-bond acceptors (Lipinski definition) is 4. The van der Waals surface area contributed by atoms with Crippen molar-refractivity contribution in [1.82, 2.24) is 10.4 Å². The lowest BCUT2D eigenvalue weighted by Crippen LogP contribution is -2.17. The van der Waals surface area contributed by atoms with Gasteiger partial charge in [0, 0.05) is 18.0 Å². The van der Waals surface area contributed by atoms with E-state index < -0.39 is 0 Å². The Labute approximate surface area is 146 Å². The number of ether oxygens (including phenoxy) is 1. The minimum absolute atomic E-state index is 0.282. The highest BCUT2D eigenvalue weighted by Crippen LogP contribution is 2.14. The van der Waals surface area contributed by atoms with Crippen LogP contribution >= 0.6 is 0 Å². The molecule has 0 aliphatic heterocycles. The van der Waals surface area contributed by atoms with Gasteiger partial charge in [0.1, 0.15) is 12.4 Å². The molecule has 0 fully saturated rings. The summed E-state index contributed by atoms with van der Waals surface area (Å²) >= 11 is 0. The van der Waals surface area contributed by atoms with Gasteiger partial charge in [-0.25, -0.2) is 5.43 Å². The molecule has 0 saturated heterocycles. The summed E-state index contributed by atoms with van der Waals surface area (Å²) in [6, 6.07) is 20.7. The number of aromatic nitrogens is 1. The molecule has 0 unspecified atom stereocenters. The van der Waals surface area contributed by atoms with Crippen LogP contribution in [0.25, 0.3) is 0 Å². The van der Waals surface area contributed by atoms with Crippen LogP contribution < -0.4 is 10.2 Å². The fourth-order valence-corrected chi connectivity index (χ4v) is 2.16. The molecule has 3 rings (SSSR count). The van der Waals surface area contributed by atoms with Gasteiger partial charge in [0.25, 0.3) is 5.91 Å². The fraction of sp³-hybridized carbons (Fsp3) is 0.0500. The Bertz CT molecular complexity index is 849. The number of hydrogen-bond donors (Lipinski definition) is 1. The molecule has 25 heavy (non-hydrogen) atoms. The SMILES string of the molecule is O=C(NN=Cc1cccc(OCc2ccccc2)c1)c1ccncc1. The van der Waals surface area contributed by atoms with Crippen LogP contribution in [0.1, 0.15) is 21.5 Å². The number of carbonyl (C=O) groups excluding carboxylic acids is 1. The number of rotatable bonds is 6. The highest BCUT2D eigenvalue weighted by molar-refractivity contribution is 5.94. The summed E-state index contributed by atoms with van der Waals surface area (Å²) < 4.78 is 5.77. The summed E-state index contributed by atoms with van der Waals surface area (Å²) in [5.74, 6) is 0.461. The lowest BCUT2D eigenvalue weighted by atomic mass is 10.2. The molecule has 0 radical (unpaired) electrons. The molecule has 1 aromatic heterocycles. The number of carbonyl (C=O) groups is 1. The van der Waals surface area contributed by atoms with Crippen molar-refractivity contribution in [3.05, 3.63) is 95.8 Å². The molecule has 0 spiro atoms. The Morgan fingerprint density at radius 2 is 1.84 bits per heavy atom. The van der Waals surface area contributed by atoms with Gasteiger partial charge in [0.15, 0.2) is 0 Å². The molecule has 0 aliphatic rings. The average molecular weight is 331 g/mol. The van der Waals surface area contributed by atoms with Crippen molar-refractivity contribution in [2.24, 2.45) is 5.10 Å². The van der Waals surface area contributed by atoms with Gasteiger partial charge >= 0.3 is 0 Å². The number of benzene rings is 2. The average Bonchev–Trinajstić information content (AvgIpc) is 2.68. The maximum Gasteiger partial charge on any atom is 0.271 e. The predicted molar refractivity (Wildman–Crippen MR) is 96.5 cm³/mol. The second-order valence-electron chi connectivity index (χ2n) is 5.28. The summed E-state index contributed by atoms with van der Waals surface area (Å²) in [5, 5.41) is 3.98. The second-order valence-corrected chi connectivity index (χ2v) is 5.28. The zero-order valence-electron chi connectivity index (χ0n) is 13.5. The molecule has 5 nitrogen and oxygen atoms in total. The summed E-state index contributed by atoms with van der Waals surface area (Å²) in [6.07, 6.45) is 4.70. The van der Waals surface area contributed by atoms with E-state index in [0.717, 1.165) is 16.9 Å². The van der Waals surface area contributed by atoms with Gasteiger partial charge in [0.2, 0.25) is 0 Å². The molecule has 1 heterocycles. The van der Waals surface area contributed by atoms with E-state index in [0.29, 0.717) is 12.2 Å². The first-order valence-electron chi connectivity index (χ1n) is 7.81. The van der Waals surface area contributed by atoms with Crippen LogP contribution in [0, 0.1) is 0 Å². The molecule has 1 N–H and O–H groups in total. The third kappa shape index (κ3) is 5.00. The van der Waals surface area contributed by atoms with Gasteiger partial charge in [-0.05, 0) is 35.4 Å². The van der Waals surface area contributed by atoms with Gasteiger partial charge in [-0.3, -0.25) is 9.78 Å². The van der Waals surface area contributed by atoms with Crippen LogP contribution in [0.15, 0.2) is 84.2 Å². The number of hydrazone groups is 1. The smallest absolute Gasteiger partial charge is 0.271 e. The Balaban J connectivity index is 1.57. The standard InChI is InChI=1S/C20H17N3O2/c24-20(18-9-11-21-12-10-18)23-22-14-17-7-4-8-19(13-17)25-15-16-5-2-1-3-6-16/h1-14H,15H2,(H,23,24). The lowest BCUT2D eigenvalue weighted by Gasteiger charge is -2.06. The molecule has 0 atom stereocenters. The first-order chi connectivity index (χ1) is 12.3. The van der Waals surface area contributed by atoms with Crippen molar-refractivity contribution >= 4 is 12.1 Å². The number of nitrogens with zero attached hydrogens (tertiary/aromatic N) is 2. The minimum Gasteiger partial charge on any atom is -0.489 e. The maximum absolute atomic E-state index is 11.9. The maximum atomic E-state index is 11.9. The molecule has 0 bridgehead atoms. The minimum atomic E-state index is -0.282. The summed E-state index contributed by atoms with van der Waals surface area (Å²) in [6.45, 7) is 0.500. The van der Waals surface area contributed by atoms with Gasteiger partial charge in [-0.2, -0.15) is 5.10 Å². The molecule has 5 heteroatoms. The Hall–Kier alpha value is -3.47. The van der Waals surface area contributed by atoms with Gasteiger partial charge in [0.05, 0.1) is 6.21 Å². The highest BCUT2D eigenvalue weighted by Gasteiger charge is 2.02. The Kier molecular flexibility index (Phi) is 5.51. The fourth-order valence-electron chi connectivity index (χ4n) is 2.16. The molecule has 3 aromatic rings. The normalized spacial score (nSPS) is 10.6. The molecular weight excluding hydrogens is 314 g/mol. The molecule has 1 amide bonds. The van der Waals surface area contributed by atoms with Crippen LogP contribution in [0.2, 0.25) is 0 Å². The van der Waals surface area contributed by atoms with Crippen LogP contribution in [-0.4, -0.2) is 17.1 Å². The van der Waals surface area contributed by atoms with Crippen LogP contribution in [-0.2, 0) is 6.61 Å². The third-order valence-electron chi connectivity index (χ3n) is 3.43. The van der Waals surface area contributed by atoms with E-state index in [1.165, 1.54) is 0 Å². The highest BCUT2D eigenvalue weighted by atomic mass is 16.5. The van der Waals surface area contributed by atoms with Crippen molar-refractivity contribution in [3.8, 4) is 5.75 Å². The summed E-state index contributed by atoms with van der Waals surface area (Å²) in [4.78, 5) is 15.8. The number of pyridine rings is 1. The first-order valence-corrected chi connectivity index (χ1v) is 7.81. The van der Waals surface area contributed by atoms with E-state index in [-0.39, 0.29) is 5.91 Å². The largest absolute Gasteiger partial charge is 0.489 e. The zero-order chi connectivity index (χ0) is 17.3. The van der Waals surface area contributed by atoms with Gasteiger partial charge < -0.3 is 4.74 Å². The van der Waals surface area contributed by atoms with Crippen molar-refractivity contribution in [2.75, 3.05) is 0 Å². The number of nitrogens with one attached hydrogen (secondary N) is 1. The monoisotopic (exact) mass is 331 g/mol. The number of amides is 1. The molecular formula is C20H17N3O2. The van der Waals surface area contributed by atoms with E-state index in [2.05, 4.69) is 15.5 Å². The zero-order valence-corrected chi connectivity index (χ0v) is 13.5. The molecule has 124 valence electrons. The van der Waals surface area contributed by atoms with Crippen LogP contribution in [0.4, 0.5) is 0 Å². The van der Waals surface area contributed by atoms with Crippen LogP contribution in [0.3, 0.4) is 0 Å². The van der Waals surface area contributed by atoms with E-state index >= 15 is 0 Å². The van der Waals surface area contributed by atoms with E-state index in [4.69, 9.17) is 4.74 Å². The first kappa shape index (κ1) is 16.4. The van der Waals surface area contributed by atoms with Crippen molar-refractivity contribution < 1.29 is 9.53 Å². The Morgan fingerprint density at radius 1 is 1.04 bits per heavy atom. The Morgan fingerprint density at radius 3 is 2.64 bits per heavy atom. The second kappa shape index (κ2) is 8.40. The quantitative estimate of drug-likeness (QED) is 0.556. The van der Waals surface area contributed by atoms with Gasteiger partial charge in [-0.15, -0.1) is 0 Å². The molecule has 2 aromatic carbocycles. The third-order valence-corrected chi connectivity index (χ3v) is 3.43. The predicted octanol–water partition coefficient (Wildman–Crippen LogP) is 3.42.